The van der Waals surface area contributed by atoms with Gasteiger partial charge in [-0.25, -0.2) is 0 Å². The molecule has 0 fully saturated rings. The lowest BCUT2D eigenvalue weighted by molar-refractivity contribution is -0.724. The van der Waals surface area contributed by atoms with E-state index in [1.807, 2.05) is 12.1 Å². The van der Waals surface area contributed by atoms with Gasteiger partial charge in [-0.2, -0.15) is 4.57 Å². The van der Waals surface area contributed by atoms with Gasteiger partial charge >= 0.3 is 0 Å². The number of fused-ring (bicyclic) bond motifs is 11. The second-order valence-corrected chi connectivity index (χ2v) is 14.1. The molecule has 0 bridgehead atoms. The summed E-state index contributed by atoms with van der Waals surface area (Å²) in [5, 5.41) is 12.7. The van der Waals surface area contributed by atoms with Gasteiger partial charge in [-0.05, 0) is 34.2 Å². The summed E-state index contributed by atoms with van der Waals surface area (Å²) in [6.45, 7) is 16.7. The summed E-state index contributed by atoms with van der Waals surface area (Å²) in [4.78, 5) is 0. The molecule has 220 valence electrons. The van der Waals surface area contributed by atoms with Crippen LogP contribution in [0.3, 0.4) is 0 Å². The molecule has 2 aromatic heterocycles. The molecule has 2 atom stereocenters. The van der Waals surface area contributed by atoms with Crippen molar-refractivity contribution in [1.29, 1.82) is 0 Å². The molecule has 4 heteroatoms. The van der Waals surface area contributed by atoms with Gasteiger partial charge in [0.25, 0.3) is 0 Å². The van der Waals surface area contributed by atoms with Gasteiger partial charge < -0.3 is 14.3 Å². The first-order chi connectivity index (χ1) is 20.5. The highest BCUT2D eigenvalue weighted by Crippen LogP contribution is 2.59. The van der Waals surface area contributed by atoms with E-state index in [0.29, 0.717) is 6.61 Å². The van der Waals surface area contributed by atoms with Gasteiger partial charge in [0.15, 0.2) is 5.54 Å². The average Bonchev–Trinajstić information content (AvgIpc) is 3.47. The monoisotopic (exact) mass is 572 g/mol. The zero-order chi connectivity index (χ0) is 30.5. The van der Waals surface area contributed by atoms with Crippen molar-refractivity contribution in [3.05, 3.63) is 101 Å². The molecule has 2 unspecified atom stereocenters. The summed E-state index contributed by atoms with van der Waals surface area (Å²) >= 11 is 0. The second-order valence-electron chi connectivity index (χ2n) is 14.1. The van der Waals surface area contributed by atoms with Crippen LogP contribution < -0.4 is 4.57 Å². The third-order valence-electron chi connectivity index (χ3n) is 10.4. The lowest BCUT2D eigenvalue weighted by Gasteiger charge is -2.41. The summed E-state index contributed by atoms with van der Waals surface area (Å²) in [6.07, 6.45) is 1.95. The predicted octanol–water partition coefficient (Wildman–Crippen LogP) is 8.54. The van der Waals surface area contributed by atoms with Gasteiger partial charge in [-0.15, -0.1) is 0 Å². The lowest BCUT2D eigenvalue weighted by Crippen LogP contribution is -2.63. The Balaban J connectivity index is 1.66. The van der Waals surface area contributed by atoms with Crippen LogP contribution in [0.4, 0.5) is 0 Å². The molecular weight excluding hydrogens is 530 g/mol. The fraction of sp³-hybridized carbons (Fsp3) is 0.359. The molecular formula is C39H42NO3+. The topological polar surface area (TPSA) is 46.5 Å². The molecule has 0 spiro atoms. The van der Waals surface area contributed by atoms with Crippen molar-refractivity contribution in [1.82, 2.24) is 0 Å². The second kappa shape index (κ2) is 9.38. The number of methoxy groups -OCH3 is 1. The summed E-state index contributed by atoms with van der Waals surface area (Å²) < 4.78 is 15.0. The van der Waals surface area contributed by atoms with Crippen LogP contribution in [0.1, 0.15) is 76.6 Å². The number of aliphatic hydroxyl groups is 1. The molecule has 0 radical (unpaired) electrons. The first kappa shape index (κ1) is 28.1. The fourth-order valence-electron chi connectivity index (χ4n) is 8.28. The standard InChI is InChI=1S/C39H42NO3/c1-23-25-17-18-28-34(38(5,6)35-27-14-10-12-16-32(27)43-36(28)35)33(25)31-21-29(37(2,3)4)26-13-9-11-15-30(26)40(31)39(23,7)24(19-20-41)22-42-8/h9-19,21,23,41H,20,22H2,1-8H3/q+1/b24-19+. The van der Waals surface area contributed by atoms with Crippen LogP contribution in [0.5, 0.6) is 0 Å². The van der Waals surface area contributed by atoms with Crippen molar-refractivity contribution in [2.24, 2.45) is 0 Å². The van der Waals surface area contributed by atoms with Gasteiger partial charge in [-0.1, -0.05) is 90.1 Å². The summed E-state index contributed by atoms with van der Waals surface area (Å²) in [5.41, 5.74) is 11.4. The number of pyridine rings is 1. The molecule has 0 saturated heterocycles. The first-order valence-electron chi connectivity index (χ1n) is 15.4. The van der Waals surface area contributed by atoms with Crippen molar-refractivity contribution < 1.29 is 18.8 Å². The van der Waals surface area contributed by atoms with Crippen LogP contribution in [0, 0.1) is 0 Å². The Bertz CT molecular complexity index is 1970. The maximum absolute atomic E-state index is 10.2. The summed E-state index contributed by atoms with van der Waals surface area (Å²) in [5.74, 6) is 1.09. The van der Waals surface area contributed by atoms with E-state index in [1.54, 1.807) is 7.11 Å². The summed E-state index contributed by atoms with van der Waals surface area (Å²) in [7, 11) is 1.74. The molecule has 3 heterocycles. The minimum atomic E-state index is -0.479. The van der Waals surface area contributed by atoms with Crippen LogP contribution in [-0.2, 0) is 21.1 Å². The fourth-order valence-corrected chi connectivity index (χ4v) is 8.28. The van der Waals surface area contributed by atoms with E-state index in [-0.39, 0.29) is 23.4 Å². The van der Waals surface area contributed by atoms with E-state index in [1.165, 1.54) is 55.4 Å². The van der Waals surface area contributed by atoms with Crippen LogP contribution in [-0.4, -0.2) is 25.4 Å². The van der Waals surface area contributed by atoms with Gasteiger partial charge in [-0.3, -0.25) is 0 Å². The number of rotatable bonds is 4. The van der Waals surface area contributed by atoms with E-state index in [9.17, 15) is 5.11 Å². The van der Waals surface area contributed by atoms with E-state index < -0.39 is 5.54 Å². The normalized spacial score (nSPS) is 20.7. The number of hydrogen-bond acceptors (Lipinski definition) is 3. The van der Waals surface area contributed by atoms with Crippen molar-refractivity contribution in [3.8, 4) is 22.6 Å². The average molecular weight is 573 g/mol. The van der Waals surface area contributed by atoms with Gasteiger partial charge in [0.1, 0.15) is 11.3 Å². The van der Waals surface area contributed by atoms with Crippen LogP contribution in [0.2, 0.25) is 0 Å². The zero-order valence-corrected chi connectivity index (χ0v) is 26.6. The highest BCUT2D eigenvalue weighted by molar-refractivity contribution is 5.97. The number of aromatic nitrogens is 1. The molecule has 0 saturated carbocycles. The molecule has 5 aromatic rings. The molecule has 1 N–H and O–H groups in total. The first-order valence-corrected chi connectivity index (χ1v) is 15.4. The molecule has 43 heavy (non-hydrogen) atoms. The van der Waals surface area contributed by atoms with Crippen molar-refractivity contribution >= 4 is 21.9 Å². The Morgan fingerprint density at radius 2 is 1.67 bits per heavy atom. The summed E-state index contributed by atoms with van der Waals surface area (Å²) in [6, 6.07) is 24.3. The maximum atomic E-state index is 10.2. The Labute approximate surface area is 254 Å². The Morgan fingerprint density at radius 1 is 0.977 bits per heavy atom. The van der Waals surface area contributed by atoms with Crippen LogP contribution >= 0.6 is 0 Å². The van der Waals surface area contributed by atoms with Crippen molar-refractivity contribution in [2.75, 3.05) is 20.3 Å². The minimum Gasteiger partial charge on any atom is -0.456 e. The number of benzene rings is 3. The highest BCUT2D eigenvalue weighted by atomic mass is 16.5. The number of ether oxygens (including phenoxy) is 1. The Morgan fingerprint density at radius 3 is 2.37 bits per heavy atom. The SMILES string of the molecule is COC/C(=C\CO)C1(C)C(C)c2ccc3c(c2-c2cc(C(C)(C)C)c4ccccc4[n+]21)C(C)(C)c1c-3oc2ccccc12. The molecule has 4 nitrogen and oxygen atoms in total. The minimum absolute atomic E-state index is 0.0353. The maximum Gasteiger partial charge on any atom is 0.214 e. The number of para-hydroxylation sites is 2. The number of nitrogens with zero attached hydrogens (tertiary/aromatic N) is 1. The van der Waals surface area contributed by atoms with E-state index >= 15 is 0 Å². The van der Waals surface area contributed by atoms with E-state index in [0.717, 1.165) is 16.9 Å². The lowest BCUT2D eigenvalue weighted by atomic mass is 9.67. The van der Waals surface area contributed by atoms with Crippen molar-refractivity contribution in [3.63, 3.8) is 0 Å². The molecule has 3 aromatic carbocycles. The van der Waals surface area contributed by atoms with Gasteiger partial charge in [0.2, 0.25) is 11.2 Å². The third kappa shape index (κ3) is 3.66. The Hall–Kier alpha value is -3.73. The van der Waals surface area contributed by atoms with Crippen LogP contribution in [0.15, 0.2) is 82.8 Å². The smallest absolute Gasteiger partial charge is 0.214 e. The number of furan rings is 1. The largest absolute Gasteiger partial charge is 0.456 e. The quantitative estimate of drug-likeness (QED) is 0.173. The van der Waals surface area contributed by atoms with Crippen LogP contribution in [0.25, 0.3) is 44.5 Å². The molecule has 7 rings (SSSR count). The molecule has 1 aliphatic heterocycles. The zero-order valence-electron chi connectivity index (χ0n) is 26.6. The third-order valence-corrected chi connectivity index (χ3v) is 10.4. The molecule has 2 aliphatic rings. The van der Waals surface area contributed by atoms with Crippen molar-refractivity contribution in [2.45, 2.75) is 70.8 Å². The van der Waals surface area contributed by atoms with Gasteiger partial charge in [0.05, 0.1) is 30.1 Å². The number of aliphatic hydroxyl groups excluding tert-OH is 1. The van der Waals surface area contributed by atoms with E-state index in [4.69, 9.17) is 9.15 Å². The molecule has 0 amide bonds. The highest BCUT2D eigenvalue weighted by Gasteiger charge is 2.55. The van der Waals surface area contributed by atoms with Gasteiger partial charge in [0, 0.05) is 53.7 Å². The molecule has 1 aliphatic carbocycles. The number of hydrogen-bond donors (Lipinski definition) is 1. The van der Waals surface area contributed by atoms with E-state index in [2.05, 4.69) is 114 Å². The predicted molar refractivity (Wildman–Crippen MR) is 175 cm³/mol. The Kier molecular flexibility index (Phi) is 6.12.